The van der Waals surface area contributed by atoms with E-state index in [9.17, 15) is 0 Å². The van der Waals surface area contributed by atoms with Gasteiger partial charge in [-0.25, -0.2) is 0 Å². The van der Waals surface area contributed by atoms with Gasteiger partial charge < -0.3 is 0 Å². The van der Waals surface area contributed by atoms with E-state index in [0.29, 0.717) is 0 Å². The zero-order valence-electron chi connectivity index (χ0n) is 3.14. The Hall–Kier alpha value is -0.440. The lowest BCUT2D eigenvalue weighted by molar-refractivity contribution is -0.490. The van der Waals surface area contributed by atoms with Crippen LogP contribution in [0.2, 0.25) is 0 Å². The van der Waals surface area contributed by atoms with Crippen molar-refractivity contribution in [2.24, 2.45) is 0 Å². The molecule has 0 atom stereocenters. The summed E-state index contributed by atoms with van der Waals surface area (Å²) in [4.78, 5) is 2.81. The average Bonchev–Trinajstić information content (AvgIpc) is 1.72. The quantitative estimate of drug-likeness (QED) is 0.376. The molecule has 32 valence electrons. The lowest BCUT2D eigenvalue weighted by Gasteiger charge is -1.85. The van der Waals surface area contributed by atoms with E-state index >= 15 is 0 Å². The Balaban J connectivity index is 2.46. The van der Waals surface area contributed by atoms with E-state index in [-0.39, 0.29) is 0 Å². The number of hydrazine groups is 1. The van der Waals surface area contributed by atoms with Crippen molar-refractivity contribution in [3.05, 3.63) is 11.5 Å². The summed E-state index contributed by atoms with van der Waals surface area (Å²) in [5, 5.41) is 4.74. The van der Waals surface area contributed by atoms with E-state index in [2.05, 4.69) is 9.93 Å². The van der Waals surface area contributed by atoms with Crippen LogP contribution >= 0.6 is 11.9 Å². The zero-order chi connectivity index (χ0) is 4.24. The van der Waals surface area contributed by atoms with Crippen molar-refractivity contribution in [1.29, 1.82) is 0 Å². The normalized spacial score (nSPS) is 17.3. The van der Waals surface area contributed by atoms with E-state index in [4.69, 9.17) is 0 Å². The van der Waals surface area contributed by atoms with E-state index in [1.54, 1.807) is 0 Å². The molecule has 0 saturated carbocycles. The van der Waals surface area contributed by atoms with Crippen LogP contribution in [0.4, 0.5) is 0 Å². The standard InChI is InChI=1S/C3H4N2S/c1-2-4-5-6-3-1/h1-3,5H/p+1. The molecule has 0 saturated heterocycles. The molecule has 1 rings (SSSR count). The highest BCUT2D eigenvalue weighted by Crippen LogP contribution is 1.88. The first kappa shape index (κ1) is 3.74. The van der Waals surface area contributed by atoms with Crippen LogP contribution < -0.4 is 9.93 Å². The number of hydrogen-bond donors (Lipinski definition) is 2. The Bertz CT molecular complexity index is 74.8. The molecule has 0 unspecified atom stereocenters. The fourth-order valence-electron chi connectivity index (χ4n) is 0.229. The van der Waals surface area contributed by atoms with Gasteiger partial charge in [-0.15, -0.1) is 9.93 Å². The Kier molecular flexibility index (Phi) is 1.17. The summed E-state index contributed by atoms with van der Waals surface area (Å²) >= 11 is 1.52. The minimum atomic E-state index is 1.52. The molecule has 0 bridgehead atoms. The molecular weight excluding hydrogens is 96.1 g/mol. The van der Waals surface area contributed by atoms with Crippen LogP contribution in [0, 0.1) is 0 Å². The summed E-state index contributed by atoms with van der Waals surface area (Å²) in [6.07, 6.45) is 3.76. The highest BCUT2D eigenvalue weighted by atomic mass is 32.2. The summed E-state index contributed by atoms with van der Waals surface area (Å²) in [7, 11) is 0. The van der Waals surface area contributed by atoms with Gasteiger partial charge in [0.05, 0.1) is 0 Å². The third-order valence-corrected chi connectivity index (χ3v) is 0.973. The SMILES string of the molecule is C1=CSN[NH+]=C1. The number of hydrogen-bond acceptors (Lipinski definition) is 2. The molecule has 1 heterocycles. The van der Waals surface area contributed by atoms with Gasteiger partial charge >= 0.3 is 0 Å². The van der Waals surface area contributed by atoms with Crippen LogP contribution in [-0.4, -0.2) is 6.21 Å². The summed E-state index contributed by atoms with van der Waals surface area (Å²) < 4.78 is 0. The monoisotopic (exact) mass is 101 g/mol. The highest BCUT2D eigenvalue weighted by molar-refractivity contribution is 8.00. The van der Waals surface area contributed by atoms with Crippen molar-refractivity contribution in [2.75, 3.05) is 0 Å². The first-order chi connectivity index (χ1) is 3.00. The molecule has 0 aliphatic carbocycles. The first-order valence-corrected chi connectivity index (χ1v) is 2.52. The molecule has 0 radical (unpaired) electrons. The number of rotatable bonds is 0. The molecule has 1 aliphatic rings. The topological polar surface area (TPSA) is 26.0 Å². The molecule has 2 N–H and O–H groups in total. The second-order valence-electron chi connectivity index (χ2n) is 0.859. The first-order valence-electron chi connectivity index (χ1n) is 1.65. The molecule has 6 heavy (non-hydrogen) atoms. The summed E-state index contributed by atoms with van der Waals surface area (Å²) in [5.74, 6) is 0. The van der Waals surface area contributed by atoms with Gasteiger partial charge in [0.25, 0.3) is 0 Å². The van der Waals surface area contributed by atoms with Crippen LogP contribution in [-0.2, 0) is 0 Å². The summed E-state index contributed by atoms with van der Waals surface area (Å²) in [5.41, 5.74) is 0. The largest absolute Gasteiger partial charge is 0.192 e. The van der Waals surface area contributed by atoms with E-state index in [1.807, 2.05) is 17.7 Å². The van der Waals surface area contributed by atoms with Crippen molar-refractivity contribution in [3.63, 3.8) is 0 Å². The lowest BCUT2D eigenvalue weighted by Crippen LogP contribution is -2.77. The molecule has 3 heteroatoms. The number of hydrazone groups is 1. The van der Waals surface area contributed by atoms with Crippen molar-refractivity contribution >= 4 is 18.2 Å². The highest BCUT2D eigenvalue weighted by Gasteiger charge is 1.82. The van der Waals surface area contributed by atoms with Crippen LogP contribution in [0.25, 0.3) is 0 Å². The van der Waals surface area contributed by atoms with Gasteiger partial charge in [-0.05, 0) is 0 Å². The maximum atomic E-state index is 2.81. The molecule has 1 aliphatic heterocycles. The zero-order valence-corrected chi connectivity index (χ0v) is 3.96. The molecular formula is C3H5N2S+. The van der Waals surface area contributed by atoms with Crippen LogP contribution in [0.3, 0.4) is 0 Å². The van der Waals surface area contributed by atoms with Crippen molar-refractivity contribution in [2.45, 2.75) is 0 Å². The van der Waals surface area contributed by atoms with E-state index in [1.165, 1.54) is 11.9 Å². The molecule has 0 aromatic heterocycles. The minimum Gasteiger partial charge on any atom is -0.136 e. The third kappa shape index (κ3) is 0.755. The maximum Gasteiger partial charge on any atom is 0.192 e. The Morgan fingerprint density at radius 3 is 2.83 bits per heavy atom. The Morgan fingerprint density at radius 2 is 2.67 bits per heavy atom. The van der Waals surface area contributed by atoms with Crippen LogP contribution in [0.15, 0.2) is 11.5 Å². The van der Waals surface area contributed by atoms with Gasteiger partial charge in [0.15, 0.2) is 6.21 Å². The Labute approximate surface area is 40.4 Å². The van der Waals surface area contributed by atoms with Gasteiger partial charge in [-0.1, -0.05) is 0 Å². The van der Waals surface area contributed by atoms with Crippen molar-refractivity contribution < 1.29 is 5.10 Å². The van der Waals surface area contributed by atoms with Crippen LogP contribution in [0.1, 0.15) is 0 Å². The molecule has 0 amide bonds. The molecule has 2 nitrogen and oxygen atoms in total. The fourth-order valence-corrected chi connectivity index (χ4v) is 0.590. The van der Waals surface area contributed by atoms with Gasteiger partial charge in [-0.3, -0.25) is 0 Å². The molecule has 0 spiro atoms. The second-order valence-corrected chi connectivity index (χ2v) is 1.57. The number of nitrogens with one attached hydrogen (secondary N) is 2. The average molecular weight is 101 g/mol. The van der Waals surface area contributed by atoms with Gasteiger partial charge in [-0.2, -0.15) is 0 Å². The van der Waals surface area contributed by atoms with Crippen molar-refractivity contribution in [3.8, 4) is 0 Å². The predicted octanol–water partition coefficient (Wildman–Crippen LogP) is -1.18. The molecule has 0 fully saturated rings. The second kappa shape index (κ2) is 1.87. The summed E-state index contributed by atoms with van der Waals surface area (Å²) in [6.45, 7) is 0. The third-order valence-electron chi connectivity index (χ3n) is 0.444. The van der Waals surface area contributed by atoms with Gasteiger partial charge in [0, 0.05) is 23.4 Å². The fraction of sp³-hybridized carbons (Fsp3) is 0. The maximum absolute atomic E-state index is 2.81. The minimum absolute atomic E-state index is 1.52. The molecule has 0 aromatic carbocycles. The van der Waals surface area contributed by atoms with Crippen molar-refractivity contribution in [1.82, 2.24) is 4.83 Å². The smallest absolute Gasteiger partial charge is 0.136 e. The van der Waals surface area contributed by atoms with Gasteiger partial charge in [0.1, 0.15) is 0 Å². The van der Waals surface area contributed by atoms with Gasteiger partial charge in [0.2, 0.25) is 0 Å². The molecule has 0 aromatic rings. The van der Waals surface area contributed by atoms with Crippen LogP contribution in [0.5, 0.6) is 0 Å². The van der Waals surface area contributed by atoms with E-state index < -0.39 is 0 Å². The van der Waals surface area contributed by atoms with E-state index in [0.717, 1.165) is 0 Å². The Morgan fingerprint density at radius 1 is 1.67 bits per heavy atom. The lowest BCUT2D eigenvalue weighted by atomic mass is 10.7. The summed E-state index contributed by atoms with van der Waals surface area (Å²) in [6, 6.07) is 0. The number of allylic oxidation sites excluding steroid dienone is 1. The predicted molar refractivity (Wildman–Crippen MR) is 26.9 cm³/mol.